The number of hydrogen-bond donors (Lipinski definition) is 0. The van der Waals surface area contributed by atoms with Gasteiger partial charge in [0.15, 0.2) is 0 Å². The van der Waals surface area contributed by atoms with Crippen molar-refractivity contribution in [2.45, 2.75) is 45.4 Å². The molecular weight excluding hydrogens is 172 g/mol. The Labute approximate surface area is 88.5 Å². The van der Waals surface area contributed by atoms with Crippen molar-refractivity contribution in [3.63, 3.8) is 0 Å². The van der Waals surface area contributed by atoms with Crippen molar-refractivity contribution >= 4 is 0 Å². The van der Waals surface area contributed by atoms with Crippen molar-refractivity contribution in [3.05, 3.63) is 12.2 Å². The predicted molar refractivity (Wildman–Crippen MR) is 61.4 cm³/mol. The van der Waals surface area contributed by atoms with Gasteiger partial charge in [0.25, 0.3) is 0 Å². The predicted octanol–water partition coefficient (Wildman–Crippen LogP) is 3.80. The quantitative estimate of drug-likeness (QED) is 0.608. The number of allylic oxidation sites excluding steroid dienone is 2. The summed E-state index contributed by atoms with van der Waals surface area (Å²) in [6.07, 6.45) is 12.7. The van der Waals surface area contributed by atoms with Crippen molar-refractivity contribution in [2.24, 2.45) is 11.8 Å². The maximum Gasteiger partial charge on any atom is 0.0490 e. The van der Waals surface area contributed by atoms with Gasteiger partial charge < -0.3 is 4.74 Å². The van der Waals surface area contributed by atoms with Gasteiger partial charge in [0.05, 0.1) is 0 Å². The lowest BCUT2D eigenvalue weighted by Crippen LogP contribution is -2.17. The van der Waals surface area contributed by atoms with Crippen LogP contribution in [0.15, 0.2) is 12.2 Å². The Balaban J connectivity index is 2.09. The van der Waals surface area contributed by atoms with Gasteiger partial charge in [0, 0.05) is 13.7 Å². The van der Waals surface area contributed by atoms with Crippen LogP contribution < -0.4 is 0 Å². The molecule has 0 spiro atoms. The monoisotopic (exact) mass is 196 g/mol. The minimum atomic E-state index is 0.845. The summed E-state index contributed by atoms with van der Waals surface area (Å²) in [7, 11) is 1.82. The molecule has 0 amide bonds. The zero-order valence-corrected chi connectivity index (χ0v) is 9.67. The van der Waals surface area contributed by atoms with E-state index in [1.54, 1.807) is 0 Å². The van der Waals surface area contributed by atoms with Gasteiger partial charge in [0.1, 0.15) is 0 Å². The Kier molecular flexibility index (Phi) is 5.93. The van der Waals surface area contributed by atoms with Crippen LogP contribution in [0, 0.1) is 11.8 Å². The molecule has 0 unspecified atom stereocenters. The molecule has 1 fully saturated rings. The van der Waals surface area contributed by atoms with Crippen LogP contribution in [-0.2, 0) is 4.74 Å². The second-order valence-electron chi connectivity index (χ2n) is 4.49. The highest BCUT2D eigenvalue weighted by molar-refractivity contribution is 4.80. The van der Waals surface area contributed by atoms with Gasteiger partial charge >= 0.3 is 0 Å². The van der Waals surface area contributed by atoms with Crippen LogP contribution >= 0.6 is 0 Å². The molecule has 0 aromatic rings. The van der Waals surface area contributed by atoms with Crippen molar-refractivity contribution in [1.29, 1.82) is 0 Å². The van der Waals surface area contributed by atoms with Crippen LogP contribution in [0.2, 0.25) is 0 Å². The molecule has 0 aromatic heterocycles. The molecule has 0 bridgehead atoms. The average Bonchev–Trinajstić information content (AvgIpc) is 2.21. The molecule has 1 rings (SSSR count). The molecule has 14 heavy (non-hydrogen) atoms. The molecule has 0 aliphatic heterocycles. The largest absolute Gasteiger partial charge is 0.384 e. The molecule has 0 atom stereocenters. The lowest BCUT2D eigenvalue weighted by molar-refractivity contribution is 0.118. The van der Waals surface area contributed by atoms with Gasteiger partial charge in [-0.1, -0.05) is 25.0 Å². The number of ether oxygens (including phenoxy) is 1. The van der Waals surface area contributed by atoms with Crippen molar-refractivity contribution in [1.82, 2.24) is 0 Å². The van der Waals surface area contributed by atoms with E-state index in [9.17, 15) is 0 Å². The van der Waals surface area contributed by atoms with E-state index in [-0.39, 0.29) is 0 Å². The number of methoxy groups -OCH3 is 1. The maximum atomic E-state index is 5.20. The lowest BCUT2D eigenvalue weighted by Gasteiger charge is -2.27. The second-order valence-corrected chi connectivity index (χ2v) is 4.49. The Morgan fingerprint density at radius 2 is 1.79 bits per heavy atom. The minimum Gasteiger partial charge on any atom is -0.384 e. The van der Waals surface area contributed by atoms with E-state index >= 15 is 0 Å². The molecule has 1 aliphatic rings. The Bertz CT molecular complexity index is 155. The minimum absolute atomic E-state index is 0.845. The topological polar surface area (TPSA) is 9.23 Å². The normalized spacial score (nSPS) is 28.4. The Morgan fingerprint density at radius 3 is 2.36 bits per heavy atom. The van der Waals surface area contributed by atoms with Gasteiger partial charge in [0.2, 0.25) is 0 Å². The molecule has 0 saturated heterocycles. The van der Waals surface area contributed by atoms with Crippen molar-refractivity contribution < 1.29 is 4.74 Å². The molecule has 0 N–H and O–H groups in total. The molecule has 0 aromatic carbocycles. The fraction of sp³-hybridized carbons (Fsp3) is 0.846. The van der Waals surface area contributed by atoms with Crippen LogP contribution in [0.5, 0.6) is 0 Å². The van der Waals surface area contributed by atoms with Crippen LogP contribution in [0.1, 0.15) is 45.4 Å². The number of rotatable bonds is 5. The first-order valence-electron chi connectivity index (χ1n) is 5.97. The molecular formula is C13H24O. The third-order valence-electron chi connectivity index (χ3n) is 3.35. The van der Waals surface area contributed by atoms with Crippen LogP contribution in [-0.4, -0.2) is 13.7 Å². The fourth-order valence-electron chi connectivity index (χ4n) is 2.42. The van der Waals surface area contributed by atoms with Gasteiger partial charge in [-0.2, -0.15) is 0 Å². The van der Waals surface area contributed by atoms with E-state index in [4.69, 9.17) is 4.74 Å². The van der Waals surface area contributed by atoms with E-state index in [1.165, 1.54) is 38.5 Å². The second kappa shape index (κ2) is 7.05. The highest BCUT2D eigenvalue weighted by atomic mass is 16.5. The highest BCUT2D eigenvalue weighted by Crippen LogP contribution is 2.31. The highest BCUT2D eigenvalue weighted by Gasteiger charge is 2.20. The van der Waals surface area contributed by atoms with Crippen molar-refractivity contribution in [3.8, 4) is 0 Å². The van der Waals surface area contributed by atoms with E-state index in [1.807, 2.05) is 7.11 Å². The molecule has 1 saturated carbocycles. The Hall–Kier alpha value is -0.300. The number of hydrogen-bond acceptors (Lipinski definition) is 1. The lowest BCUT2D eigenvalue weighted by atomic mass is 9.80. The summed E-state index contributed by atoms with van der Waals surface area (Å²) < 4.78 is 5.20. The first-order chi connectivity index (χ1) is 6.86. The first kappa shape index (κ1) is 11.8. The molecule has 1 aliphatic carbocycles. The summed E-state index contributed by atoms with van der Waals surface area (Å²) in [6.45, 7) is 3.08. The standard InChI is InChI=1S/C13H24O/c1-3-4-5-6-12-7-9-13(10-8-12)11-14-2/h3-4,12-13H,5-11H2,1-2H3/b4-3+. The summed E-state index contributed by atoms with van der Waals surface area (Å²) in [5.41, 5.74) is 0. The molecule has 0 heterocycles. The van der Waals surface area contributed by atoms with Crippen LogP contribution in [0.3, 0.4) is 0 Å². The average molecular weight is 196 g/mol. The third-order valence-corrected chi connectivity index (χ3v) is 3.35. The third kappa shape index (κ3) is 4.28. The first-order valence-corrected chi connectivity index (χ1v) is 5.97. The molecule has 82 valence electrons. The van der Waals surface area contributed by atoms with Gasteiger partial charge in [-0.3, -0.25) is 0 Å². The summed E-state index contributed by atoms with van der Waals surface area (Å²) in [5.74, 6) is 1.83. The zero-order valence-electron chi connectivity index (χ0n) is 9.67. The van der Waals surface area contributed by atoms with E-state index < -0.39 is 0 Å². The smallest absolute Gasteiger partial charge is 0.0490 e. The molecule has 1 nitrogen and oxygen atoms in total. The van der Waals surface area contributed by atoms with Gasteiger partial charge in [-0.15, -0.1) is 0 Å². The van der Waals surface area contributed by atoms with E-state index in [2.05, 4.69) is 19.1 Å². The Morgan fingerprint density at radius 1 is 1.14 bits per heavy atom. The van der Waals surface area contributed by atoms with Crippen molar-refractivity contribution in [2.75, 3.05) is 13.7 Å². The summed E-state index contributed by atoms with van der Waals surface area (Å²) in [5, 5.41) is 0. The van der Waals surface area contributed by atoms with Gasteiger partial charge in [-0.25, -0.2) is 0 Å². The van der Waals surface area contributed by atoms with Gasteiger partial charge in [-0.05, 0) is 44.4 Å². The van der Waals surface area contributed by atoms with Crippen LogP contribution in [0.4, 0.5) is 0 Å². The fourth-order valence-corrected chi connectivity index (χ4v) is 2.42. The maximum absolute atomic E-state index is 5.20. The van der Waals surface area contributed by atoms with E-state index in [0.29, 0.717) is 0 Å². The SMILES string of the molecule is C/C=C/CCC1CCC(COC)CC1. The summed E-state index contributed by atoms with van der Waals surface area (Å²) >= 11 is 0. The molecule has 1 heteroatoms. The van der Waals surface area contributed by atoms with E-state index in [0.717, 1.165) is 18.4 Å². The zero-order chi connectivity index (χ0) is 10.2. The summed E-state index contributed by atoms with van der Waals surface area (Å²) in [4.78, 5) is 0. The molecule has 0 radical (unpaired) electrons. The van der Waals surface area contributed by atoms with Crippen LogP contribution in [0.25, 0.3) is 0 Å². The summed E-state index contributed by atoms with van der Waals surface area (Å²) in [6, 6.07) is 0.